The Balaban J connectivity index is 1.19. The Morgan fingerprint density at radius 3 is 2.58 bits per heavy atom. The fraction of sp³-hybridized carbons (Fsp3) is 0.318. The first-order valence-electron chi connectivity index (χ1n) is 10.2. The van der Waals surface area contributed by atoms with Crippen molar-refractivity contribution in [1.82, 2.24) is 20.0 Å². The van der Waals surface area contributed by atoms with Crippen LogP contribution in [0, 0.1) is 11.6 Å². The van der Waals surface area contributed by atoms with Gasteiger partial charge in [-0.3, -0.25) is 9.69 Å². The summed E-state index contributed by atoms with van der Waals surface area (Å²) in [6.45, 7) is 2.81. The van der Waals surface area contributed by atoms with Crippen molar-refractivity contribution in [2.24, 2.45) is 0 Å². The third-order valence-electron chi connectivity index (χ3n) is 5.11. The van der Waals surface area contributed by atoms with Gasteiger partial charge in [-0.15, -0.1) is 10.2 Å². The van der Waals surface area contributed by atoms with Gasteiger partial charge in [0.1, 0.15) is 17.4 Å². The number of carbonyl (C=O) groups is 1. The minimum Gasteiger partial charge on any atom is -0.484 e. The zero-order valence-electron chi connectivity index (χ0n) is 17.5. The summed E-state index contributed by atoms with van der Waals surface area (Å²) in [7, 11) is 0. The van der Waals surface area contributed by atoms with Crippen molar-refractivity contribution in [2.45, 2.75) is 18.4 Å². The van der Waals surface area contributed by atoms with Crippen molar-refractivity contribution in [1.29, 1.82) is 0 Å². The van der Waals surface area contributed by atoms with Crippen LogP contribution in [0.5, 0.6) is 5.75 Å². The minimum atomic E-state index is -0.348. The number of rotatable bonds is 8. The number of ether oxygens (including phenoxy) is 1. The Morgan fingerprint density at radius 1 is 1.09 bits per heavy atom. The molecule has 0 unspecified atom stereocenters. The minimum absolute atomic E-state index is 0.0362. The number of carbonyl (C=O) groups excluding carboxylic acids is 1. The van der Waals surface area contributed by atoms with E-state index in [2.05, 4.69) is 15.1 Å². The number of benzene rings is 2. The number of amides is 1. The molecule has 11 heteroatoms. The summed E-state index contributed by atoms with van der Waals surface area (Å²) in [5.74, 6) is 0.203. The first-order chi connectivity index (χ1) is 16.0. The molecule has 7 nitrogen and oxygen atoms in total. The molecule has 0 N–H and O–H groups in total. The molecule has 174 valence electrons. The normalized spacial score (nSPS) is 14.5. The molecule has 0 radical (unpaired) electrons. The van der Waals surface area contributed by atoms with E-state index < -0.39 is 0 Å². The Bertz CT molecular complexity index is 1070. The number of hydrogen-bond donors (Lipinski definition) is 0. The molecule has 2 heterocycles. The predicted octanol–water partition coefficient (Wildman–Crippen LogP) is 4.02. The Morgan fingerprint density at radius 2 is 1.85 bits per heavy atom. The highest BCUT2D eigenvalue weighted by Crippen LogP contribution is 2.22. The second-order valence-electron chi connectivity index (χ2n) is 7.35. The molecule has 1 aromatic heterocycles. The Kier molecular flexibility index (Phi) is 7.79. The molecule has 33 heavy (non-hydrogen) atoms. The van der Waals surface area contributed by atoms with E-state index in [1.54, 1.807) is 17.0 Å². The number of halogens is 3. The molecular formula is C22H21ClF2N4O3S. The van der Waals surface area contributed by atoms with Gasteiger partial charge in [-0.2, -0.15) is 0 Å². The van der Waals surface area contributed by atoms with Gasteiger partial charge >= 0.3 is 0 Å². The van der Waals surface area contributed by atoms with Gasteiger partial charge in [-0.1, -0.05) is 29.4 Å². The lowest BCUT2D eigenvalue weighted by Gasteiger charge is -2.34. The van der Waals surface area contributed by atoms with E-state index in [4.69, 9.17) is 20.8 Å². The lowest BCUT2D eigenvalue weighted by molar-refractivity contribution is -0.130. The van der Waals surface area contributed by atoms with E-state index >= 15 is 0 Å². The molecule has 0 atom stereocenters. The van der Waals surface area contributed by atoms with Gasteiger partial charge in [-0.05, 0) is 36.4 Å². The molecule has 1 amide bonds. The third kappa shape index (κ3) is 6.43. The molecule has 0 bridgehead atoms. The van der Waals surface area contributed by atoms with Crippen LogP contribution in [-0.2, 0) is 17.9 Å². The van der Waals surface area contributed by atoms with E-state index in [0.29, 0.717) is 49.1 Å². The lowest BCUT2D eigenvalue weighted by Crippen LogP contribution is -2.48. The second kappa shape index (κ2) is 11.0. The molecule has 3 aromatic rings. The van der Waals surface area contributed by atoms with Crippen molar-refractivity contribution >= 4 is 29.3 Å². The quantitative estimate of drug-likeness (QED) is 0.438. The summed E-state index contributed by atoms with van der Waals surface area (Å²) < 4.78 is 37.9. The van der Waals surface area contributed by atoms with E-state index in [1.165, 1.54) is 30.3 Å². The smallest absolute Gasteiger partial charge is 0.277 e. The largest absolute Gasteiger partial charge is 0.484 e. The van der Waals surface area contributed by atoms with E-state index in [9.17, 15) is 13.6 Å². The fourth-order valence-corrected chi connectivity index (χ4v) is 4.21. The zero-order valence-corrected chi connectivity index (χ0v) is 19.1. The van der Waals surface area contributed by atoms with Crippen molar-refractivity contribution in [2.75, 3.05) is 31.9 Å². The number of thioether (sulfide) groups is 1. The van der Waals surface area contributed by atoms with Gasteiger partial charge in [0.05, 0.1) is 5.75 Å². The molecule has 0 saturated carbocycles. The SMILES string of the molecule is O=C(CSc1nnc(COc2ccc(F)cc2)o1)N1CCN(Cc2c(F)cccc2Cl)CC1. The van der Waals surface area contributed by atoms with Crippen LogP contribution in [-0.4, -0.2) is 57.8 Å². The van der Waals surface area contributed by atoms with Crippen LogP contribution in [0.2, 0.25) is 5.02 Å². The van der Waals surface area contributed by atoms with Crippen LogP contribution in [0.1, 0.15) is 11.5 Å². The van der Waals surface area contributed by atoms with Crippen LogP contribution >= 0.6 is 23.4 Å². The molecule has 1 saturated heterocycles. The van der Waals surface area contributed by atoms with Crippen molar-refractivity contribution in [3.63, 3.8) is 0 Å². The van der Waals surface area contributed by atoms with Crippen LogP contribution < -0.4 is 4.74 Å². The van der Waals surface area contributed by atoms with E-state index in [-0.39, 0.29) is 41.0 Å². The van der Waals surface area contributed by atoms with Crippen LogP contribution in [0.15, 0.2) is 52.1 Å². The van der Waals surface area contributed by atoms with Crippen LogP contribution in [0.25, 0.3) is 0 Å². The predicted molar refractivity (Wildman–Crippen MR) is 119 cm³/mol. The number of hydrogen-bond acceptors (Lipinski definition) is 7. The van der Waals surface area contributed by atoms with Gasteiger partial charge in [0.2, 0.25) is 5.91 Å². The first-order valence-corrected chi connectivity index (χ1v) is 11.6. The summed E-state index contributed by atoms with van der Waals surface area (Å²) in [6.07, 6.45) is 0. The van der Waals surface area contributed by atoms with Crippen molar-refractivity contribution in [3.05, 3.63) is 70.6 Å². The molecule has 0 spiro atoms. The standard InChI is InChI=1S/C22H21ClF2N4O3S/c23-18-2-1-3-19(25)17(18)12-28-8-10-29(11-9-28)21(30)14-33-22-27-26-20(32-22)13-31-16-6-4-15(24)5-7-16/h1-7H,8-14H2. The molecule has 0 aliphatic carbocycles. The first kappa shape index (κ1) is 23.5. The van der Waals surface area contributed by atoms with E-state index in [1.807, 2.05) is 0 Å². The van der Waals surface area contributed by atoms with Gasteiger partial charge in [-0.25, -0.2) is 8.78 Å². The van der Waals surface area contributed by atoms with Crippen molar-refractivity contribution in [3.8, 4) is 5.75 Å². The Hall–Kier alpha value is -2.69. The monoisotopic (exact) mass is 494 g/mol. The topological polar surface area (TPSA) is 71.7 Å². The van der Waals surface area contributed by atoms with E-state index in [0.717, 1.165) is 11.8 Å². The summed E-state index contributed by atoms with van der Waals surface area (Å²) >= 11 is 7.27. The number of aromatic nitrogens is 2. The van der Waals surface area contributed by atoms with Gasteiger partial charge in [0, 0.05) is 43.3 Å². The van der Waals surface area contributed by atoms with Crippen molar-refractivity contribution < 1.29 is 22.7 Å². The maximum Gasteiger partial charge on any atom is 0.277 e. The van der Waals surface area contributed by atoms with Gasteiger partial charge in [0.25, 0.3) is 11.1 Å². The fourth-order valence-electron chi connectivity index (χ4n) is 3.31. The molecule has 1 aliphatic heterocycles. The number of piperazine rings is 1. The maximum atomic E-state index is 14.0. The highest BCUT2D eigenvalue weighted by molar-refractivity contribution is 7.99. The Labute approximate surface area is 198 Å². The summed E-state index contributed by atoms with van der Waals surface area (Å²) in [5, 5.41) is 8.49. The maximum absolute atomic E-state index is 14.0. The highest BCUT2D eigenvalue weighted by Gasteiger charge is 2.23. The number of nitrogens with zero attached hydrogens (tertiary/aromatic N) is 4. The van der Waals surface area contributed by atoms with Gasteiger partial charge in [0.15, 0.2) is 6.61 Å². The lowest BCUT2D eigenvalue weighted by atomic mass is 10.2. The third-order valence-corrected chi connectivity index (χ3v) is 6.27. The molecule has 1 aliphatic rings. The average molecular weight is 495 g/mol. The molecule has 1 fully saturated rings. The summed E-state index contributed by atoms with van der Waals surface area (Å²) in [4.78, 5) is 16.4. The highest BCUT2D eigenvalue weighted by atomic mass is 35.5. The summed E-state index contributed by atoms with van der Waals surface area (Å²) in [6, 6.07) is 10.3. The van der Waals surface area contributed by atoms with Gasteiger partial charge < -0.3 is 14.1 Å². The summed E-state index contributed by atoms with van der Waals surface area (Å²) in [5.41, 5.74) is 0.477. The molecular weight excluding hydrogens is 474 g/mol. The van der Waals surface area contributed by atoms with Crippen LogP contribution in [0.4, 0.5) is 8.78 Å². The van der Waals surface area contributed by atoms with Crippen LogP contribution in [0.3, 0.4) is 0 Å². The second-order valence-corrected chi connectivity index (χ2v) is 8.68. The zero-order chi connectivity index (χ0) is 23.2. The molecule has 2 aromatic carbocycles. The average Bonchev–Trinajstić information content (AvgIpc) is 3.28. The molecule has 4 rings (SSSR count).